The Kier molecular flexibility index (Phi) is 9.45. The van der Waals surface area contributed by atoms with Gasteiger partial charge in [0.2, 0.25) is 0 Å². The summed E-state index contributed by atoms with van der Waals surface area (Å²) in [4.78, 5) is 3.62. The minimum absolute atomic E-state index is 0.426. The van der Waals surface area contributed by atoms with Crippen molar-refractivity contribution in [2.45, 2.75) is 93.9 Å². The van der Waals surface area contributed by atoms with E-state index in [0.717, 1.165) is 24.2 Å². The van der Waals surface area contributed by atoms with Gasteiger partial charge in [-0.1, -0.05) is 116 Å². The third-order valence-corrected chi connectivity index (χ3v) is 10.4. The number of hydrogen-bond acceptors (Lipinski definition) is 1. The highest BCUT2D eigenvalue weighted by Crippen LogP contribution is 2.40. The topological polar surface area (TPSA) is 25.0 Å². The molecule has 2 atom stereocenters. The largest absolute Gasteiger partial charge is 0.493 e. The number of aromatic nitrogens is 1. The summed E-state index contributed by atoms with van der Waals surface area (Å²) in [5.74, 6) is 4.13. The van der Waals surface area contributed by atoms with Crippen molar-refractivity contribution in [1.82, 2.24) is 4.98 Å². The lowest BCUT2D eigenvalue weighted by atomic mass is 9.72. The number of benzene rings is 3. The van der Waals surface area contributed by atoms with E-state index >= 15 is 0 Å². The Labute approximate surface area is 261 Å². The highest BCUT2D eigenvalue weighted by Gasteiger charge is 2.31. The molecule has 1 N–H and O–H groups in total. The molecule has 0 saturated heterocycles. The third-order valence-electron chi connectivity index (χ3n) is 10.4. The molecule has 7 rings (SSSR count). The maximum atomic E-state index is 5.70. The van der Waals surface area contributed by atoms with Crippen LogP contribution in [-0.2, 0) is 32.1 Å². The van der Waals surface area contributed by atoms with E-state index in [1.807, 2.05) is 6.07 Å². The van der Waals surface area contributed by atoms with Gasteiger partial charge in [0.15, 0.2) is 0 Å². The molecule has 3 aromatic carbocycles. The third kappa shape index (κ3) is 7.57. The van der Waals surface area contributed by atoms with Crippen LogP contribution in [0.5, 0.6) is 5.75 Å². The molecule has 1 aromatic heterocycles. The van der Waals surface area contributed by atoms with E-state index in [-0.39, 0.29) is 0 Å². The highest BCUT2D eigenvalue weighted by molar-refractivity contribution is 5.84. The molecular formula is C41H55NO. The van der Waals surface area contributed by atoms with E-state index in [0.29, 0.717) is 22.7 Å². The molecule has 3 aliphatic rings. The van der Waals surface area contributed by atoms with Crippen LogP contribution in [0.25, 0.3) is 10.9 Å². The molecule has 43 heavy (non-hydrogen) atoms. The summed E-state index contributed by atoms with van der Waals surface area (Å²) in [7, 11) is 0. The van der Waals surface area contributed by atoms with Crippen LogP contribution in [0.2, 0.25) is 0 Å². The first kappa shape index (κ1) is 31.4. The Hall–Kier alpha value is -3.00. The Morgan fingerprint density at radius 3 is 1.88 bits per heavy atom. The Balaban J connectivity index is 0.000000130. The first-order valence-corrected chi connectivity index (χ1v) is 16.8. The summed E-state index contributed by atoms with van der Waals surface area (Å²) in [6, 6.07) is 25.9. The van der Waals surface area contributed by atoms with Crippen LogP contribution in [-0.4, -0.2) is 11.6 Å². The number of fused-ring (bicyclic) bond motifs is 5. The lowest BCUT2D eigenvalue weighted by molar-refractivity contribution is 0.185. The lowest BCUT2D eigenvalue weighted by Gasteiger charge is -2.33. The molecule has 2 nitrogen and oxygen atoms in total. The second-order valence-corrected chi connectivity index (χ2v) is 15.8. The van der Waals surface area contributed by atoms with E-state index in [4.69, 9.17) is 4.74 Å². The molecule has 230 valence electrons. The number of aromatic amines is 1. The van der Waals surface area contributed by atoms with Gasteiger partial charge in [-0.3, -0.25) is 0 Å². The molecule has 2 heterocycles. The summed E-state index contributed by atoms with van der Waals surface area (Å²) in [6.45, 7) is 19.6. The van der Waals surface area contributed by atoms with Gasteiger partial charge < -0.3 is 9.72 Å². The van der Waals surface area contributed by atoms with Crippen molar-refractivity contribution in [3.8, 4) is 5.75 Å². The Bertz CT molecular complexity index is 1470. The monoisotopic (exact) mass is 577 g/mol. The van der Waals surface area contributed by atoms with Crippen LogP contribution in [0.1, 0.15) is 89.8 Å². The van der Waals surface area contributed by atoms with Gasteiger partial charge in [-0.2, -0.15) is 0 Å². The zero-order valence-electron chi connectivity index (χ0n) is 28.1. The van der Waals surface area contributed by atoms with Crippen molar-refractivity contribution < 1.29 is 4.74 Å². The number of H-pyrrole nitrogens is 1. The summed E-state index contributed by atoms with van der Waals surface area (Å²) >= 11 is 0. The molecule has 0 bridgehead atoms. The molecule has 0 radical (unpaired) electrons. The summed E-state index contributed by atoms with van der Waals surface area (Å²) in [5, 5.41) is 1.44. The fraction of sp³-hybridized carbons (Fsp3) is 0.512. The van der Waals surface area contributed by atoms with Crippen molar-refractivity contribution in [2.75, 3.05) is 6.61 Å². The second-order valence-electron chi connectivity index (χ2n) is 15.8. The zero-order chi connectivity index (χ0) is 30.8. The molecule has 0 fully saturated rings. The molecule has 1 aliphatic heterocycles. The standard InChI is InChI=1S/C16H21N.C13H18.C12H16O/c1-16(2,3)11-8-9-13-12-6-4-5-7-14(12)17-15(13)10-11;1-13(2,3)12-8-10-6-4-5-7-11(10)9-12;1-9(2)11-7-10-5-3-4-6-12(10)13-8-11/h4-7,11,17H,8-10H2,1-3H3;4-7,12H,8-9H2,1-3H3;3-6,9,11H,7-8H2,1-2H3. The maximum Gasteiger partial charge on any atom is 0.122 e. The summed E-state index contributed by atoms with van der Waals surface area (Å²) in [5.41, 5.74) is 9.76. The molecular weight excluding hydrogens is 522 g/mol. The van der Waals surface area contributed by atoms with Crippen LogP contribution in [0, 0.1) is 34.5 Å². The number of aryl methyl sites for hydroxylation is 1. The van der Waals surface area contributed by atoms with Gasteiger partial charge in [0.1, 0.15) is 5.75 Å². The van der Waals surface area contributed by atoms with Gasteiger partial charge in [0, 0.05) is 16.6 Å². The van der Waals surface area contributed by atoms with Gasteiger partial charge in [-0.05, 0) is 107 Å². The number of ether oxygens (including phenoxy) is 1. The van der Waals surface area contributed by atoms with Crippen LogP contribution in [0.4, 0.5) is 0 Å². The number of para-hydroxylation sites is 2. The normalized spacial score (nSPS) is 19.7. The van der Waals surface area contributed by atoms with Crippen molar-refractivity contribution >= 4 is 10.9 Å². The van der Waals surface area contributed by atoms with Gasteiger partial charge in [-0.15, -0.1) is 0 Å². The molecule has 0 saturated carbocycles. The SMILES string of the molecule is CC(C)(C)C1CCc2c([nH]c3ccccc23)C1.CC(C)(C)C1Cc2ccccc2C1.CC(C)C1COc2ccccc2C1. The highest BCUT2D eigenvalue weighted by atomic mass is 16.5. The van der Waals surface area contributed by atoms with Gasteiger partial charge in [-0.25, -0.2) is 0 Å². The molecule has 2 unspecified atom stereocenters. The van der Waals surface area contributed by atoms with E-state index in [2.05, 4.69) is 127 Å². The van der Waals surface area contributed by atoms with Crippen molar-refractivity contribution in [3.63, 3.8) is 0 Å². The average molecular weight is 578 g/mol. The van der Waals surface area contributed by atoms with Crippen molar-refractivity contribution in [1.29, 1.82) is 0 Å². The Morgan fingerprint density at radius 2 is 1.26 bits per heavy atom. The minimum Gasteiger partial charge on any atom is -0.493 e. The zero-order valence-corrected chi connectivity index (χ0v) is 28.1. The smallest absolute Gasteiger partial charge is 0.122 e. The second kappa shape index (κ2) is 12.9. The predicted molar refractivity (Wildman–Crippen MR) is 184 cm³/mol. The first-order chi connectivity index (χ1) is 20.4. The van der Waals surface area contributed by atoms with Crippen LogP contribution in [0.15, 0.2) is 72.8 Å². The molecule has 2 heteroatoms. The van der Waals surface area contributed by atoms with E-state index in [1.165, 1.54) is 60.7 Å². The van der Waals surface area contributed by atoms with E-state index in [1.54, 1.807) is 16.7 Å². The summed E-state index contributed by atoms with van der Waals surface area (Å²) in [6.07, 6.45) is 7.51. The van der Waals surface area contributed by atoms with Gasteiger partial charge in [0.25, 0.3) is 0 Å². The molecule has 0 spiro atoms. The van der Waals surface area contributed by atoms with Crippen LogP contribution >= 0.6 is 0 Å². The van der Waals surface area contributed by atoms with Gasteiger partial charge in [0.05, 0.1) is 6.61 Å². The van der Waals surface area contributed by atoms with Crippen molar-refractivity contribution in [2.24, 2.45) is 34.5 Å². The van der Waals surface area contributed by atoms with Crippen LogP contribution < -0.4 is 4.74 Å². The Morgan fingerprint density at radius 1 is 0.674 bits per heavy atom. The molecule has 0 amide bonds. The number of nitrogens with one attached hydrogen (secondary N) is 1. The number of rotatable bonds is 1. The van der Waals surface area contributed by atoms with Crippen LogP contribution in [0.3, 0.4) is 0 Å². The first-order valence-electron chi connectivity index (χ1n) is 16.8. The molecule has 2 aliphatic carbocycles. The minimum atomic E-state index is 0.426. The number of hydrogen-bond donors (Lipinski definition) is 1. The van der Waals surface area contributed by atoms with Gasteiger partial charge >= 0.3 is 0 Å². The van der Waals surface area contributed by atoms with E-state index < -0.39 is 0 Å². The fourth-order valence-electron chi connectivity index (χ4n) is 7.07. The van der Waals surface area contributed by atoms with Crippen molar-refractivity contribution in [3.05, 3.63) is 101 Å². The quantitative estimate of drug-likeness (QED) is 0.239. The molecule has 4 aromatic rings. The lowest BCUT2D eigenvalue weighted by Crippen LogP contribution is -2.26. The fourth-order valence-corrected chi connectivity index (χ4v) is 7.07. The maximum absolute atomic E-state index is 5.70. The summed E-state index contributed by atoms with van der Waals surface area (Å²) < 4.78 is 5.70. The predicted octanol–water partition coefficient (Wildman–Crippen LogP) is 10.7. The van der Waals surface area contributed by atoms with E-state index in [9.17, 15) is 0 Å². The average Bonchev–Trinajstić information content (AvgIpc) is 3.59.